The number of hydrogen-bond donors (Lipinski definition) is 1. The van der Waals surface area contributed by atoms with Crippen LogP contribution in [0.3, 0.4) is 0 Å². The average Bonchev–Trinajstić information content (AvgIpc) is 2.47. The Kier molecular flexibility index (Phi) is 4.42. The van der Waals surface area contributed by atoms with E-state index < -0.39 is 0 Å². The molecule has 2 aromatic carbocycles. The predicted molar refractivity (Wildman–Crippen MR) is 83.7 cm³/mol. The van der Waals surface area contributed by atoms with Crippen LogP contribution in [0.25, 0.3) is 0 Å². The van der Waals surface area contributed by atoms with Crippen LogP contribution in [-0.4, -0.2) is 0 Å². The molecule has 1 unspecified atom stereocenters. The molecule has 1 N–H and O–H groups in total. The third-order valence-corrected chi connectivity index (χ3v) is 3.48. The summed E-state index contributed by atoms with van der Waals surface area (Å²) in [6.45, 7) is 6.49. The lowest BCUT2D eigenvalue weighted by Crippen LogP contribution is -2.06. The van der Waals surface area contributed by atoms with Crippen molar-refractivity contribution in [1.82, 2.24) is 0 Å². The second-order valence-electron chi connectivity index (χ2n) is 5.38. The van der Waals surface area contributed by atoms with Crippen LogP contribution >= 0.6 is 0 Å². The Labute approximate surface area is 121 Å². The molecule has 20 heavy (non-hydrogen) atoms. The van der Waals surface area contributed by atoms with Crippen LogP contribution in [0.2, 0.25) is 0 Å². The number of anilines is 1. The van der Waals surface area contributed by atoms with Gasteiger partial charge in [-0.25, -0.2) is 0 Å². The van der Waals surface area contributed by atoms with E-state index in [0.29, 0.717) is 11.5 Å². The van der Waals surface area contributed by atoms with Gasteiger partial charge in [0.15, 0.2) is 0 Å². The minimum absolute atomic E-state index is 0.174. The van der Waals surface area contributed by atoms with Crippen LogP contribution < -0.4 is 5.32 Å². The lowest BCUT2D eigenvalue weighted by Gasteiger charge is -2.16. The third-order valence-electron chi connectivity index (χ3n) is 3.48. The number of nitrogens with zero attached hydrogens (tertiary/aromatic N) is 1. The number of nitrogens with one attached hydrogen (secondary N) is 1. The summed E-state index contributed by atoms with van der Waals surface area (Å²) in [4.78, 5) is 0. The van der Waals surface area contributed by atoms with Crippen molar-refractivity contribution >= 4 is 5.69 Å². The molecule has 0 spiro atoms. The number of rotatable bonds is 4. The Morgan fingerprint density at radius 3 is 2.25 bits per heavy atom. The molecule has 2 aromatic rings. The summed E-state index contributed by atoms with van der Waals surface area (Å²) in [5.41, 5.74) is 4.27. The maximum atomic E-state index is 8.95. The fraction of sp³-hybridized carbons (Fsp3) is 0.278. The van der Waals surface area contributed by atoms with Gasteiger partial charge in [-0.2, -0.15) is 5.26 Å². The van der Waals surface area contributed by atoms with E-state index in [2.05, 4.69) is 56.4 Å². The summed E-state index contributed by atoms with van der Waals surface area (Å²) >= 11 is 0. The van der Waals surface area contributed by atoms with E-state index in [9.17, 15) is 0 Å². The first-order chi connectivity index (χ1) is 9.60. The van der Waals surface area contributed by atoms with E-state index >= 15 is 0 Å². The van der Waals surface area contributed by atoms with E-state index in [4.69, 9.17) is 5.26 Å². The second kappa shape index (κ2) is 6.25. The van der Waals surface area contributed by atoms with E-state index in [-0.39, 0.29) is 6.04 Å². The lowest BCUT2D eigenvalue weighted by molar-refractivity contribution is 0.862. The molecular formula is C18H20N2. The van der Waals surface area contributed by atoms with Gasteiger partial charge in [0.05, 0.1) is 11.6 Å². The van der Waals surface area contributed by atoms with Gasteiger partial charge in [0, 0.05) is 11.7 Å². The SMILES string of the molecule is CC(C)c1ccc(NC(C)c2cccc(C#N)c2)cc1. The van der Waals surface area contributed by atoms with Crippen LogP contribution in [0.15, 0.2) is 48.5 Å². The molecule has 0 radical (unpaired) electrons. The zero-order valence-electron chi connectivity index (χ0n) is 12.2. The van der Waals surface area contributed by atoms with Crippen LogP contribution in [-0.2, 0) is 0 Å². The Morgan fingerprint density at radius 1 is 0.950 bits per heavy atom. The van der Waals surface area contributed by atoms with Crippen molar-refractivity contribution in [3.63, 3.8) is 0 Å². The highest BCUT2D eigenvalue weighted by Gasteiger charge is 2.06. The van der Waals surface area contributed by atoms with Gasteiger partial charge in [-0.05, 0) is 48.2 Å². The van der Waals surface area contributed by atoms with Gasteiger partial charge in [0.25, 0.3) is 0 Å². The molecule has 0 bridgehead atoms. The summed E-state index contributed by atoms with van der Waals surface area (Å²) in [6.07, 6.45) is 0. The first-order valence-corrected chi connectivity index (χ1v) is 6.96. The molecule has 0 saturated heterocycles. The summed E-state index contributed by atoms with van der Waals surface area (Å²) in [7, 11) is 0. The average molecular weight is 264 g/mol. The molecule has 0 heterocycles. The van der Waals surface area contributed by atoms with Gasteiger partial charge in [-0.15, -0.1) is 0 Å². The van der Waals surface area contributed by atoms with Gasteiger partial charge >= 0.3 is 0 Å². The van der Waals surface area contributed by atoms with E-state index in [1.165, 1.54) is 5.56 Å². The molecule has 2 nitrogen and oxygen atoms in total. The van der Waals surface area contributed by atoms with Crippen LogP contribution in [0.4, 0.5) is 5.69 Å². The molecule has 1 atom stereocenters. The second-order valence-corrected chi connectivity index (χ2v) is 5.38. The number of benzene rings is 2. The molecule has 0 aromatic heterocycles. The standard InChI is InChI=1S/C18H20N2/c1-13(2)16-7-9-18(10-8-16)20-14(3)17-6-4-5-15(11-17)12-19/h4-11,13-14,20H,1-3H3. The van der Waals surface area contributed by atoms with Gasteiger partial charge in [-0.3, -0.25) is 0 Å². The van der Waals surface area contributed by atoms with E-state index in [1.807, 2.05) is 24.3 Å². The molecule has 0 aliphatic carbocycles. The smallest absolute Gasteiger partial charge is 0.0991 e. The van der Waals surface area contributed by atoms with Crippen molar-refractivity contribution in [2.45, 2.75) is 32.7 Å². The fourth-order valence-corrected chi connectivity index (χ4v) is 2.18. The first kappa shape index (κ1) is 14.1. The van der Waals surface area contributed by atoms with E-state index in [0.717, 1.165) is 11.3 Å². The quantitative estimate of drug-likeness (QED) is 0.856. The summed E-state index contributed by atoms with van der Waals surface area (Å²) < 4.78 is 0. The summed E-state index contributed by atoms with van der Waals surface area (Å²) in [6, 6.07) is 18.6. The normalized spacial score (nSPS) is 11.9. The van der Waals surface area contributed by atoms with Crippen molar-refractivity contribution in [1.29, 1.82) is 5.26 Å². The highest BCUT2D eigenvalue weighted by Crippen LogP contribution is 2.22. The van der Waals surface area contributed by atoms with Gasteiger partial charge < -0.3 is 5.32 Å². The van der Waals surface area contributed by atoms with E-state index in [1.54, 1.807) is 0 Å². The Balaban J connectivity index is 2.11. The zero-order valence-corrected chi connectivity index (χ0v) is 12.2. The maximum Gasteiger partial charge on any atom is 0.0991 e. The van der Waals surface area contributed by atoms with Crippen molar-refractivity contribution in [3.05, 3.63) is 65.2 Å². The van der Waals surface area contributed by atoms with Crippen LogP contribution in [0, 0.1) is 11.3 Å². The van der Waals surface area contributed by atoms with Gasteiger partial charge in [-0.1, -0.05) is 38.1 Å². The molecule has 0 amide bonds. The Hall–Kier alpha value is -2.27. The topological polar surface area (TPSA) is 35.8 Å². The number of nitriles is 1. The largest absolute Gasteiger partial charge is 0.379 e. The first-order valence-electron chi connectivity index (χ1n) is 6.96. The molecule has 2 rings (SSSR count). The van der Waals surface area contributed by atoms with Crippen molar-refractivity contribution in [2.24, 2.45) is 0 Å². The molecular weight excluding hydrogens is 244 g/mol. The monoisotopic (exact) mass is 264 g/mol. The molecule has 0 aliphatic rings. The molecule has 0 saturated carbocycles. The summed E-state index contributed by atoms with van der Waals surface area (Å²) in [5, 5.41) is 12.4. The molecule has 0 aliphatic heterocycles. The highest BCUT2D eigenvalue weighted by molar-refractivity contribution is 5.47. The Bertz CT molecular complexity index is 606. The van der Waals surface area contributed by atoms with Crippen LogP contribution in [0.1, 0.15) is 49.4 Å². The van der Waals surface area contributed by atoms with Crippen LogP contribution in [0.5, 0.6) is 0 Å². The zero-order chi connectivity index (χ0) is 14.5. The summed E-state index contributed by atoms with van der Waals surface area (Å²) in [5.74, 6) is 0.550. The minimum atomic E-state index is 0.174. The molecule has 102 valence electrons. The predicted octanol–water partition coefficient (Wildman–Crippen LogP) is 4.85. The van der Waals surface area contributed by atoms with Gasteiger partial charge in [0.2, 0.25) is 0 Å². The maximum absolute atomic E-state index is 8.95. The van der Waals surface area contributed by atoms with Crippen molar-refractivity contribution < 1.29 is 0 Å². The minimum Gasteiger partial charge on any atom is -0.379 e. The Morgan fingerprint density at radius 2 is 1.65 bits per heavy atom. The van der Waals surface area contributed by atoms with Gasteiger partial charge in [0.1, 0.15) is 0 Å². The molecule has 2 heteroatoms. The van der Waals surface area contributed by atoms with Crippen molar-refractivity contribution in [3.8, 4) is 6.07 Å². The van der Waals surface area contributed by atoms with Crippen molar-refractivity contribution in [2.75, 3.05) is 5.32 Å². The fourth-order valence-electron chi connectivity index (χ4n) is 2.18. The number of hydrogen-bond acceptors (Lipinski definition) is 2. The lowest BCUT2D eigenvalue weighted by atomic mass is 10.0. The highest BCUT2D eigenvalue weighted by atomic mass is 14.9. The molecule has 0 fully saturated rings. The third kappa shape index (κ3) is 3.39.